The van der Waals surface area contributed by atoms with Crippen molar-refractivity contribution in [2.45, 2.75) is 49.9 Å². The van der Waals surface area contributed by atoms with Crippen LogP contribution in [0.1, 0.15) is 24.1 Å². The Morgan fingerprint density at radius 1 is 0.950 bits per heavy atom. The molecule has 0 radical (unpaired) electrons. The minimum absolute atomic E-state index is 0.00124. The highest BCUT2D eigenvalue weighted by atomic mass is 16.4. The van der Waals surface area contributed by atoms with E-state index >= 15 is 0 Å². The molecule has 4 unspecified atom stereocenters. The lowest BCUT2D eigenvalue weighted by Crippen LogP contribution is -2.58. The molecule has 2 aromatic rings. The lowest BCUT2D eigenvalue weighted by atomic mass is 10.0. The van der Waals surface area contributed by atoms with E-state index in [1.165, 1.54) is 24.7 Å². The van der Waals surface area contributed by atoms with Crippen LogP contribution in [0.25, 0.3) is 0 Å². The van der Waals surface area contributed by atoms with Gasteiger partial charge < -0.3 is 53.5 Å². The van der Waals surface area contributed by atoms with Crippen molar-refractivity contribution < 1.29 is 34.5 Å². The number of carboxylic acids is 1. The van der Waals surface area contributed by atoms with Gasteiger partial charge in [-0.1, -0.05) is 12.1 Å². The third kappa shape index (κ3) is 10.6. The molecule has 0 aliphatic heterocycles. The van der Waals surface area contributed by atoms with Gasteiger partial charge in [0.25, 0.3) is 0 Å². The highest BCUT2D eigenvalue weighted by Gasteiger charge is 2.31. The van der Waals surface area contributed by atoms with Crippen LogP contribution in [0.2, 0.25) is 0 Å². The van der Waals surface area contributed by atoms with E-state index in [1.807, 2.05) is 0 Å². The lowest BCUT2D eigenvalue weighted by Gasteiger charge is -2.25. The van der Waals surface area contributed by atoms with Crippen LogP contribution in [-0.2, 0) is 32.0 Å². The summed E-state index contributed by atoms with van der Waals surface area (Å²) in [6.07, 6.45) is 2.97. The number of phenols is 1. The quantitative estimate of drug-likeness (QED) is 0.0553. The van der Waals surface area contributed by atoms with Gasteiger partial charge in [0, 0.05) is 31.3 Å². The zero-order chi connectivity index (χ0) is 29.7. The van der Waals surface area contributed by atoms with Gasteiger partial charge in [-0.3, -0.25) is 19.4 Å². The number of carboxylic acid groups (broad SMARTS) is 1. The van der Waals surface area contributed by atoms with Crippen molar-refractivity contribution >= 4 is 29.7 Å². The molecule has 13 N–H and O–H groups in total. The smallest absolute Gasteiger partial charge is 0.326 e. The summed E-state index contributed by atoms with van der Waals surface area (Å²) < 4.78 is 0. The van der Waals surface area contributed by atoms with Crippen molar-refractivity contribution in [3.05, 3.63) is 48.0 Å². The van der Waals surface area contributed by atoms with Crippen LogP contribution in [0.4, 0.5) is 0 Å². The molecule has 218 valence electrons. The highest BCUT2D eigenvalue weighted by Crippen LogP contribution is 2.12. The average Bonchev–Trinajstić information content (AvgIpc) is 3.43. The molecule has 1 heterocycles. The summed E-state index contributed by atoms with van der Waals surface area (Å²) in [5, 5.41) is 35.8. The summed E-state index contributed by atoms with van der Waals surface area (Å²) >= 11 is 0. The first-order chi connectivity index (χ1) is 19.0. The van der Waals surface area contributed by atoms with Gasteiger partial charge in [0.1, 0.15) is 29.9 Å². The first kappa shape index (κ1) is 31.5. The standard InChI is InChI=1S/C24H35N9O7/c25-16(11-34)20(36)32-18(8-13-3-5-15(35)6-4-13)21(37)33-19(9-14-10-28-12-30-14)22(38)31-17(23(39)40)2-1-7-29-24(26)27/h3-6,10,12,16-19,34-35H,1-2,7-9,11,25H2,(H,28,30)(H,31,38)(H,32,36)(H,33,37)(H,39,40)(H4,26,27,29). The van der Waals surface area contributed by atoms with E-state index in [0.717, 1.165) is 0 Å². The van der Waals surface area contributed by atoms with E-state index in [9.17, 15) is 34.5 Å². The van der Waals surface area contributed by atoms with E-state index < -0.39 is 54.5 Å². The molecular weight excluding hydrogens is 526 g/mol. The van der Waals surface area contributed by atoms with Crippen LogP contribution in [0, 0.1) is 0 Å². The summed E-state index contributed by atoms with van der Waals surface area (Å²) in [4.78, 5) is 61.2. The van der Waals surface area contributed by atoms with Gasteiger partial charge >= 0.3 is 5.97 Å². The summed E-state index contributed by atoms with van der Waals surface area (Å²) in [5.41, 5.74) is 17.2. The van der Waals surface area contributed by atoms with Gasteiger partial charge in [-0.05, 0) is 30.5 Å². The Balaban J connectivity index is 2.23. The van der Waals surface area contributed by atoms with Gasteiger partial charge in [0.05, 0.1) is 12.9 Å². The molecule has 1 aromatic carbocycles. The number of aliphatic hydroxyl groups excluding tert-OH is 1. The number of carbonyl (C=O) groups is 4. The molecule has 3 amide bonds. The predicted octanol–water partition coefficient (Wildman–Crippen LogP) is -3.19. The number of H-pyrrole nitrogens is 1. The number of aromatic hydroxyl groups is 1. The van der Waals surface area contributed by atoms with Gasteiger partial charge in [0.2, 0.25) is 17.7 Å². The molecule has 16 nitrogen and oxygen atoms in total. The van der Waals surface area contributed by atoms with Crippen molar-refractivity contribution in [2.24, 2.45) is 22.2 Å². The number of guanidine groups is 1. The van der Waals surface area contributed by atoms with Gasteiger partial charge in [-0.15, -0.1) is 0 Å². The van der Waals surface area contributed by atoms with Crippen LogP contribution in [0.3, 0.4) is 0 Å². The number of aliphatic hydroxyl groups is 1. The minimum Gasteiger partial charge on any atom is -0.508 e. The maximum Gasteiger partial charge on any atom is 0.326 e. The molecule has 2 rings (SSSR count). The SMILES string of the molecule is NC(N)=NCCCC(NC(=O)C(Cc1cnc[nH]1)NC(=O)C(Cc1ccc(O)cc1)NC(=O)C(N)CO)C(=O)O. The number of nitrogens with two attached hydrogens (primary N) is 3. The van der Waals surface area contributed by atoms with Crippen LogP contribution in [-0.4, -0.2) is 92.3 Å². The van der Waals surface area contributed by atoms with Gasteiger partial charge in [0.15, 0.2) is 5.96 Å². The molecule has 0 spiro atoms. The fraction of sp³-hybridized carbons (Fsp3) is 0.417. The summed E-state index contributed by atoms with van der Waals surface area (Å²) in [6, 6.07) is 0.802. The molecule has 0 bridgehead atoms. The highest BCUT2D eigenvalue weighted by molar-refractivity contribution is 5.94. The zero-order valence-electron chi connectivity index (χ0n) is 21.6. The van der Waals surface area contributed by atoms with Gasteiger partial charge in [-0.2, -0.15) is 0 Å². The van der Waals surface area contributed by atoms with Crippen molar-refractivity contribution in [3.8, 4) is 5.75 Å². The summed E-state index contributed by atoms with van der Waals surface area (Å²) in [5.74, 6) is -3.81. The number of phenolic OH excluding ortho intramolecular Hbond substituents is 1. The Morgan fingerprint density at radius 2 is 1.55 bits per heavy atom. The number of nitrogens with zero attached hydrogens (tertiary/aromatic N) is 2. The Hall–Kier alpha value is -4.70. The van der Waals surface area contributed by atoms with E-state index in [4.69, 9.17) is 17.2 Å². The number of nitrogens with one attached hydrogen (secondary N) is 4. The lowest BCUT2D eigenvalue weighted by molar-refractivity contribution is -0.142. The van der Waals surface area contributed by atoms with Crippen molar-refractivity contribution in [1.29, 1.82) is 0 Å². The maximum atomic E-state index is 13.4. The van der Waals surface area contributed by atoms with Gasteiger partial charge in [-0.25, -0.2) is 9.78 Å². The van der Waals surface area contributed by atoms with Crippen molar-refractivity contribution in [2.75, 3.05) is 13.2 Å². The summed E-state index contributed by atoms with van der Waals surface area (Å²) in [7, 11) is 0. The third-order valence-corrected chi connectivity index (χ3v) is 5.71. The fourth-order valence-corrected chi connectivity index (χ4v) is 3.57. The number of carbonyl (C=O) groups excluding carboxylic acids is 3. The molecule has 0 aliphatic rings. The fourth-order valence-electron chi connectivity index (χ4n) is 3.57. The second kappa shape index (κ2) is 15.6. The molecule has 1 aromatic heterocycles. The monoisotopic (exact) mass is 561 g/mol. The molecule has 0 fully saturated rings. The zero-order valence-corrected chi connectivity index (χ0v) is 21.6. The number of aromatic amines is 1. The topological polar surface area (TPSA) is 284 Å². The molecule has 40 heavy (non-hydrogen) atoms. The molecule has 4 atom stereocenters. The maximum absolute atomic E-state index is 13.4. The number of rotatable bonds is 16. The van der Waals surface area contributed by atoms with E-state index in [1.54, 1.807) is 12.1 Å². The number of aliphatic carboxylic acids is 1. The largest absolute Gasteiger partial charge is 0.508 e. The average molecular weight is 562 g/mol. The van der Waals surface area contributed by atoms with E-state index in [2.05, 4.69) is 30.9 Å². The van der Waals surface area contributed by atoms with Crippen LogP contribution < -0.4 is 33.2 Å². The first-order valence-electron chi connectivity index (χ1n) is 12.3. The normalized spacial score (nSPS) is 13.8. The van der Waals surface area contributed by atoms with Crippen molar-refractivity contribution in [3.63, 3.8) is 0 Å². The number of amides is 3. The molecule has 0 saturated heterocycles. The molecule has 16 heteroatoms. The second-order valence-electron chi connectivity index (χ2n) is 8.91. The summed E-state index contributed by atoms with van der Waals surface area (Å²) in [6.45, 7) is -0.505. The molecule has 0 saturated carbocycles. The predicted molar refractivity (Wildman–Crippen MR) is 143 cm³/mol. The van der Waals surface area contributed by atoms with Crippen molar-refractivity contribution in [1.82, 2.24) is 25.9 Å². The minimum atomic E-state index is -1.30. The Labute approximate surface area is 229 Å². The Bertz CT molecular complexity index is 1150. The Kier molecular flexibility index (Phi) is 12.3. The van der Waals surface area contributed by atoms with Crippen LogP contribution in [0.15, 0.2) is 41.8 Å². The number of benzene rings is 1. The van der Waals surface area contributed by atoms with Crippen LogP contribution >= 0.6 is 0 Å². The molecule has 0 aliphatic carbocycles. The number of hydrogen-bond donors (Lipinski definition) is 10. The molecular formula is C24H35N9O7. The second-order valence-corrected chi connectivity index (χ2v) is 8.91. The first-order valence-corrected chi connectivity index (χ1v) is 12.3. The third-order valence-electron chi connectivity index (χ3n) is 5.71. The number of aliphatic imine (C=N–C) groups is 1. The number of aromatic nitrogens is 2. The number of hydrogen-bond acceptors (Lipinski definition) is 9. The Morgan fingerprint density at radius 3 is 2.10 bits per heavy atom. The number of imidazole rings is 1. The van der Waals surface area contributed by atoms with E-state index in [0.29, 0.717) is 11.3 Å². The van der Waals surface area contributed by atoms with E-state index in [-0.39, 0.29) is 43.9 Å². The van der Waals surface area contributed by atoms with Crippen LogP contribution in [0.5, 0.6) is 5.75 Å².